The SMILES string of the molecule is CC1OC(C)C(C(O)CC2CC2)C1C. The summed E-state index contributed by atoms with van der Waals surface area (Å²) in [7, 11) is 0. The van der Waals surface area contributed by atoms with Gasteiger partial charge in [0.25, 0.3) is 0 Å². The van der Waals surface area contributed by atoms with Gasteiger partial charge >= 0.3 is 0 Å². The fourth-order valence-electron chi connectivity index (χ4n) is 2.81. The molecule has 0 radical (unpaired) electrons. The van der Waals surface area contributed by atoms with Crippen LogP contribution in [0.3, 0.4) is 0 Å². The van der Waals surface area contributed by atoms with E-state index in [1.54, 1.807) is 0 Å². The van der Waals surface area contributed by atoms with Crippen LogP contribution in [-0.4, -0.2) is 23.4 Å². The van der Waals surface area contributed by atoms with Gasteiger partial charge in [-0.1, -0.05) is 19.8 Å². The Morgan fingerprint density at radius 1 is 1.21 bits per heavy atom. The Labute approximate surface area is 86.6 Å². The van der Waals surface area contributed by atoms with E-state index in [1.165, 1.54) is 12.8 Å². The van der Waals surface area contributed by atoms with E-state index in [4.69, 9.17) is 4.74 Å². The predicted molar refractivity (Wildman–Crippen MR) is 56.0 cm³/mol. The first-order valence-electron chi connectivity index (χ1n) is 5.93. The van der Waals surface area contributed by atoms with Crippen molar-refractivity contribution in [1.29, 1.82) is 0 Å². The predicted octanol–water partition coefficient (Wildman–Crippen LogP) is 2.21. The molecular formula is C12H22O2. The van der Waals surface area contributed by atoms with Crippen molar-refractivity contribution < 1.29 is 9.84 Å². The van der Waals surface area contributed by atoms with Crippen LogP contribution in [0.4, 0.5) is 0 Å². The topological polar surface area (TPSA) is 29.5 Å². The van der Waals surface area contributed by atoms with Gasteiger partial charge in [-0.25, -0.2) is 0 Å². The molecule has 5 unspecified atom stereocenters. The number of rotatable bonds is 3. The van der Waals surface area contributed by atoms with Gasteiger partial charge in [0.2, 0.25) is 0 Å². The molecule has 0 spiro atoms. The Kier molecular flexibility index (Phi) is 2.85. The molecule has 0 aromatic heterocycles. The lowest BCUT2D eigenvalue weighted by Gasteiger charge is -2.24. The Morgan fingerprint density at radius 2 is 1.86 bits per heavy atom. The summed E-state index contributed by atoms with van der Waals surface area (Å²) in [5.74, 6) is 1.66. The fraction of sp³-hybridized carbons (Fsp3) is 1.00. The van der Waals surface area contributed by atoms with E-state index < -0.39 is 0 Å². The van der Waals surface area contributed by atoms with Gasteiger partial charge in [-0.2, -0.15) is 0 Å². The second-order valence-electron chi connectivity index (χ2n) is 5.23. The van der Waals surface area contributed by atoms with Gasteiger partial charge in [0.15, 0.2) is 0 Å². The quantitative estimate of drug-likeness (QED) is 0.753. The second kappa shape index (κ2) is 3.82. The maximum atomic E-state index is 10.1. The van der Waals surface area contributed by atoms with Crippen LogP contribution < -0.4 is 0 Å². The Balaban J connectivity index is 1.93. The van der Waals surface area contributed by atoms with Crippen molar-refractivity contribution in [2.45, 2.75) is 58.3 Å². The van der Waals surface area contributed by atoms with Gasteiger partial charge in [-0.05, 0) is 32.1 Å². The Hall–Kier alpha value is -0.0800. The molecule has 1 N–H and O–H groups in total. The van der Waals surface area contributed by atoms with Crippen LogP contribution in [0.15, 0.2) is 0 Å². The van der Waals surface area contributed by atoms with Crippen molar-refractivity contribution in [3.05, 3.63) is 0 Å². The van der Waals surface area contributed by atoms with E-state index >= 15 is 0 Å². The zero-order valence-electron chi connectivity index (χ0n) is 9.44. The largest absolute Gasteiger partial charge is 0.393 e. The Bertz CT molecular complexity index is 200. The maximum absolute atomic E-state index is 10.1. The van der Waals surface area contributed by atoms with Gasteiger partial charge in [0, 0.05) is 5.92 Å². The number of ether oxygens (including phenoxy) is 1. The van der Waals surface area contributed by atoms with Crippen LogP contribution in [0.25, 0.3) is 0 Å². The molecule has 2 nitrogen and oxygen atoms in total. The van der Waals surface area contributed by atoms with Gasteiger partial charge in [0.1, 0.15) is 0 Å². The molecule has 1 heterocycles. The van der Waals surface area contributed by atoms with E-state index in [0.29, 0.717) is 17.9 Å². The van der Waals surface area contributed by atoms with Crippen molar-refractivity contribution in [1.82, 2.24) is 0 Å². The zero-order chi connectivity index (χ0) is 10.3. The van der Waals surface area contributed by atoms with Crippen molar-refractivity contribution in [2.24, 2.45) is 17.8 Å². The molecular weight excluding hydrogens is 176 g/mol. The lowest BCUT2D eigenvalue weighted by Crippen LogP contribution is -2.31. The number of aliphatic hydroxyl groups excluding tert-OH is 1. The minimum atomic E-state index is -0.141. The van der Waals surface area contributed by atoms with Crippen LogP contribution in [0.2, 0.25) is 0 Å². The molecule has 5 atom stereocenters. The minimum absolute atomic E-state index is 0.141. The average molecular weight is 198 g/mol. The van der Waals surface area contributed by atoms with Crippen LogP contribution in [0, 0.1) is 17.8 Å². The van der Waals surface area contributed by atoms with Crippen molar-refractivity contribution >= 4 is 0 Å². The molecule has 1 aliphatic heterocycles. The highest BCUT2D eigenvalue weighted by Gasteiger charge is 2.42. The highest BCUT2D eigenvalue weighted by atomic mass is 16.5. The summed E-state index contributed by atoms with van der Waals surface area (Å²) in [6.07, 6.45) is 4.04. The molecule has 2 aliphatic rings. The molecule has 82 valence electrons. The van der Waals surface area contributed by atoms with Gasteiger partial charge in [-0.15, -0.1) is 0 Å². The van der Waals surface area contributed by atoms with Crippen molar-refractivity contribution in [3.8, 4) is 0 Å². The lowest BCUT2D eigenvalue weighted by atomic mass is 9.83. The normalized spacial score (nSPS) is 45.4. The van der Waals surface area contributed by atoms with Crippen molar-refractivity contribution in [2.75, 3.05) is 0 Å². The lowest BCUT2D eigenvalue weighted by molar-refractivity contribution is 0.0193. The molecule has 0 bridgehead atoms. The fourth-order valence-corrected chi connectivity index (χ4v) is 2.81. The number of hydrogen-bond acceptors (Lipinski definition) is 2. The molecule has 14 heavy (non-hydrogen) atoms. The molecule has 1 aliphatic carbocycles. The number of aliphatic hydroxyl groups is 1. The van der Waals surface area contributed by atoms with Crippen LogP contribution >= 0.6 is 0 Å². The average Bonchev–Trinajstić information content (AvgIpc) is 2.83. The molecule has 0 amide bonds. The van der Waals surface area contributed by atoms with E-state index in [-0.39, 0.29) is 12.2 Å². The minimum Gasteiger partial charge on any atom is -0.393 e. The van der Waals surface area contributed by atoms with Gasteiger partial charge < -0.3 is 9.84 Å². The standard InChI is InChI=1S/C12H22O2/c1-7-8(2)14-9(3)12(7)11(13)6-10-4-5-10/h7-13H,4-6H2,1-3H3. The molecule has 1 saturated heterocycles. The zero-order valence-corrected chi connectivity index (χ0v) is 9.44. The molecule has 2 rings (SSSR count). The van der Waals surface area contributed by atoms with E-state index in [9.17, 15) is 5.11 Å². The second-order valence-corrected chi connectivity index (χ2v) is 5.23. The molecule has 2 fully saturated rings. The highest BCUT2D eigenvalue weighted by Crippen LogP contribution is 2.40. The summed E-state index contributed by atoms with van der Waals surface area (Å²) < 4.78 is 5.75. The third kappa shape index (κ3) is 1.96. The summed E-state index contributed by atoms with van der Waals surface area (Å²) in [5.41, 5.74) is 0. The first-order chi connectivity index (χ1) is 6.59. The molecule has 0 aromatic rings. The van der Waals surface area contributed by atoms with Crippen LogP contribution in [-0.2, 0) is 4.74 Å². The Morgan fingerprint density at radius 3 is 2.29 bits per heavy atom. The highest BCUT2D eigenvalue weighted by molar-refractivity contribution is 4.90. The molecule has 2 heteroatoms. The third-order valence-electron chi connectivity index (χ3n) is 4.03. The molecule has 1 saturated carbocycles. The van der Waals surface area contributed by atoms with Gasteiger partial charge in [-0.3, -0.25) is 0 Å². The summed E-state index contributed by atoms with van der Waals surface area (Å²) in [4.78, 5) is 0. The van der Waals surface area contributed by atoms with E-state index in [0.717, 1.165) is 12.3 Å². The van der Waals surface area contributed by atoms with E-state index in [1.807, 2.05) is 0 Å². The van der Waals surface area contributed by atoms with Crippen LogP contribution in [0.1, 0.15) is 40.0 Å². The first kappa shape index (κ1) is 10.4. The summed E-state index contributed by atoms with van der Waals surface area (Å²) >= 11 is 0. The third-order valence-corrected chi connectivity index (χ3v) is 4.03. The van der Waals surface area contributed by atoms with Crippen molar-refractivity contribution in [3.63, 3.8) is 0 Å². The monoisotopic (exact) mass is 198 g/mol. The summed E-state index contributed by atoms with van der Waals surface area (Å²) in [6.45, 7) is 6.42. The molecule has 0 aromatic carbocycles. The summed E-state index contributed by atoms with van der Waals surface area (Å²) in [6, 6.07) is 0. The number of hydrogen-bond donors (Lipinski definition) is 1. The smallest absolute Gasteiger partial charge is 0.0607 e. The summed E-state index contributed by atoms with van der Waals surface area (Å²) in [5, 5.41) is 10.1. The van der Waals surface area contributed by atoms with Crippen LogP contribution in [0.5, 0.6) is 0 Å². The first-order valence-corrected chi connectivity index (χ1v) is 5.93. The van der Waals surface area contributed by atoms with Gasteiger partial charge in [0.05, 0.1) is 18.3 Å². The maximum Gasteiger partial charge on any atom is 0.0607 e. The van der Waals surface area contributed by atoms with E-state index in [2.05, 4.69) is 20.8 Å².